The maximum atomic E-state index is 11.7. The molecule has 24 heavy (non-hydrogen) atoms. The van der Waals surface area contributed by atoms with Gasteiger partial charge < -0.3 is 14.6 Å². The molecule has 2 unspecified atom stereocenters. The van der Waals surface area contributed by atoms with Gasteiger partial charge in [-0.15, -0.1) is 0 Å². The molecular weight excluding hydrogens is 308 g/mol. The van der Waals surface area contributed by atoms with E-state index in [1.807, 2.05) is 6.92 Å². The number of hydrogen-bond acceptors (Lipinski definition) is 4. The van der Waals surface area contributed by atoms with E-state index >= 15 is 0 Å². The second-order valence-electron chi connectivity index (χ2n) is 6.32. The van der Waals surface area contributed by atoms with Gasteiger partial charge in [0.2, 0.25) is 0 Å². The molecule has 0 aromatic heterocycles. The normalized spacial score (nSPS) is 13.1. The summed E-state index contributed by atoms with van der Waals surface area (Å²) < 4.78 is 10.3. The van der Waals surface area contributed by atoms with Crippen LogP contribution >= 0.6 is 0 Å². The van der Waals surface area contributed by atoms with Crippen molar-refractivity contribution in [3.8, 4) is 0 Å². The average Bonchev–Trinajstić information content (AvgIpc) is 2.53. The van der Waals surface area contributed by atoms with Crippen molar-refractivity contribution in [1.29, 1.82) is 0 Å². The SMILES string of the molecule is C=C(C)C(=O)OC(CC)C(CCCCCCCCCC)OC(=O)O. The summed E-state index contributed by atoms with van der Waals surface area (Å²) in [5.41, 5.74) is 0.301. The lowest BCUT2D eigenvalue weighted by Gasteiger charge is -2.25. The molecule has 0 spiro atoms. The zero-order chi connectivity index (χ0) is 18.4. The molecule has 0 radical (unpaired) electrons. The predicted octanol–water partition coefficient (Wildman–Crippen LogP) is 5.48. The number of esters is 1. The fourth-order valence-electron chi connectivity index (χ4n) is 2.59. The number of ether oxygens (including phenoxy) is 2. The number of carbonyl (C=O) groups excluding carboxylic acids is 1. The van der Waals surface area contributed by atoms with Crippen LogP contribution < -0.4 is 0 Å². The Balaban J connectivity index is 4.26. The predicted molar refractivity (Wildman–Crippen MR) is 95.1 cm³/mol. The minimum Gasteiger partial charge on any atom is -0.455 e. The van der Waals surface area contributed by atoms with Crippen LogP contribution in [0, 0.1) is 0 Å². The van der Waals surface area contributed by atoms with Gasteiger partial charge in [0.25, 0.3) is 0 Å². The number of rotatable bonds is 14. The van der Waals surface area contributed by atoms with Crippen molar-refractivity contribution in [1.82, 2.24) is 0 Å². The van der Waals surface area contributed by atoms with Crippen molar-refractivity contribution >= 4 is 12.1 Å². The molecule has 0 rings (SSSR count). The van der Waals surface area contributed by atoms with Crippen LogP contribution in [-0.2, 0) is 14.3 Å². The molecule has 0 saturated carbocycles. The Bertz CT molecular complexity index is 378. The van der Waals surface area contributed by atoms with Crippen molar-refractivity contribution in [2.24, 2.45) is 0 Å². The summed E-state index contributed by atoms with van der Waals surface area (Å²) in [5, 5.41) is 8.91. The van der Waals surface area contributed by atoms with Crippen molar-refractivity contribution in [2.75, 3.05) is 0 Å². The number of unbranched alkanes of at least 4 members (excludes halogenated alkanes) is 7. The van der Waals surface area contributed by atoms with Gasteiger partial charge >= 0.3 is 12.1 Å². The summed E-state index contributed by atoms with van der Waals surface area (Å²) in [6, 6.07) is 0. The highest BCUT2D eigenvalue weighted by molar-refractivity contribution is 5.87. The number of carboxylic acid groups (broad SMARTS) is 1. The Morgan fingerprint density at radius 1 is 0.917 bits per heavy atom. The van der Waals surface area contributed by atoms with E-state index < -0.39 is 24.3 Å². The molecule has 0 bridgehead atoms. The zero-order valence-electron chi connectivity index (χ0n) is 15.5. The van der Waals surface area contributed by atoms with Gasteiger partial charge in [-0.25, -0.2) is 9.59 Å². The van der Waals surface area contributed by atoms with Gasteiger partial charge in [0, 0.05) is 5.57 Å². The minimum atomic E-state index is -1.33. The maximum Gasteiger partial charge on any atom is 0.506 e. The van der Waals surface area contributed by atoms with Gasteiger partial charge in [-0.05, 0) is 26.2 Å². The van der Waals surface area contributed by atoms with Crippen molar-refractivity contribution in [3.63, 3.8) is 0 Å². The summed E-state index contributed by atoms with van der Waals surface area (Å²) in [6.07, 6.45) is 7.93. The Hall–Kier alpha value is -1.52. The summed E-state index contributed by atoms with van der Waals surface area (Å²) in [7, 11) is 0. The quantitative estimate of drug-likeness (QED) is 0.257. The Morgan fingerprint density at radius 2 is 1.46 bits per heavy atom. The molecule has 0 saturated heterocycles. The van der Waals surface area contributed by atoms with Crippen LogP contribution in [0.25, 0.3) is 0 Å². The van der Waals surface area contributed by atoms with Crippen molar-refractivity contribution in [3.05, 3.63) is 12.2 Å². The molecule has 2 atom stereocenters. The van der Waals surface area contributed by atoms with Gasteiger partial charge in [-0.3, -0.25) is 0 Å². The molecule has 0 aromatic carbocycles. The molecule has 0 heterocycles. The molecular formula is C19H34O5. The first-order chi connectivity index (χ1) is 11.4. The smallest absolute Gasteiger partial charge is 0.455 e. The summed E-state index contributed by atoms with van der Waals surface area (Å²) in [4.78, 5) is 22.6. The average molecular weight is 342 g/mol. The van der Waals surface area contributed by atoms with E-state index in [1.54, 1.807) is 6.92 Å². The third-order valence-electron chi connectivity index (χ3n) is 4.02. The first kappa shape index (κ1) is 22.5. The highest BCUT2D eigenvalue weighted by atomic mass is 16.7. The Labute approximate surface area is 146 Å². The monoisotopic (exact) mass is 342 g/mol. The fourth-order valence-corrected chi connectivity index (χ4v) is 2.59. The second kappa shape index (κ2) is 13.9. The van der Waals surface area contributed by atoms with Gasteiger partial charge in [0.15, 0.2) is 0 Å². The molecule has 0 aromatic rings. The number of carbonyl (C=O) groups is 2. The summed E-state index contributed by atoms with van der Waals surface area (Å²) >= 11 is 0. The molecule has 0 amide bonds. The van der Waals surface area contributed by atoms with E-state index in [4.69, 9.17) is 14.6 Å². The fraction of sp³-hybridized carbons (Fsp3) is 0.789. The second-order valence-corrected chi connectivity index (χ2v) is 6.32. The Kier molecular flexibility index (Phi) is 13.0. The van der Waals surface area contributed by atoms with Crippen LogP contribution in [0.1, 0.15) is 85.0 Å². The van der Waals surface area contributed by atoms with Gasteiger partial charge in [-0.1, -0.05) is 65.4 Å². The van der Waals surface area contributed by atoms with Crippen LogP contribution in [0.5, 0.6) is 0 Å². The van der Waals surface area contributed by atoms with E-state index in [2.05, 4.69) is 13.5 Å². The molecule has 1 N–H and O–H groups in total. The zero-order valence-corrected chi connectivity index (χ0v) is 15.5. The number of hydrogen-bond donors (Lipinski definition) is 1. The van der Waals surface area contributed by atoms with Crippen LogP contribution in [0.2, 0.25) is 0 Å². The molecule has 0 aliphatic rings. The van der Waals surface area contributed by atoms with Crippen LogP contribution in [0.3, 0.4) is 0 Å². The highest BCUT2D eigenvalue weighted by Crippen LogP contribution is 2.18. The van der Waals surface area contributed by atoms with E-state index in [1.165, 1.54) is 32.1 Å². The largest absolute Gasteiger partial charge is 0.506 e. The molecule has 0 aliphatic carbocycles. The standard InChI is InChI=1S/C19H34O5/c1-5-7-8-9-10-11-12-13-14-17(24-19(21)22)16(6-2)23-18(20)15(3)4/h16-17H,3,5-14H2,1-2,4H3,(H,21,22). The van der Waals surface area contributed by atoms with Crippen molar-refractivity contribution < 1.29 is 24.2 Å². The lowest BCUT2D eigenvalue weighted by atomic mass is 10.0. The van der Waals surface area contributed by atoms with E-state index in [0.717, 1.165) is 19.3 Å². The van der Waals surface area contributed by atoms with Crippen LogP contribution in [0.15, 0.2) is 12.2 Å². The van der Waals surface area contributed by atoms with Crippen LogP contribution in [0.4, 0.5) is 4.79 Å². The van der Waals surface area contributed by atoms with E-state index in [0.29, 0.717) is 18.4 Å². The van der Waals surface area contributed by atoms with Gasteiger partial charge in [0.05, 0.1) is 0 Å². The minimum absolute atomic E-state index is 0.301. The first-order valence-electron chi connectivity index (χ1n) is 9.18. The summed E-state index contributed by atoms with van der Waals surface area (Å²) in [6.45, 7) is 9.17. The lowest BCUT2D eigenvalue weighted by molar-refractivity contribution is -0.151. The van der Waals surface area contributed by atoms with Gasteiger partial charge in [0.1, 0.15) is 12.2 Å². The maximum absolute atomic E-state index is 11.7. The lowest BCUT2D eigenvalue weighted by Crippen LogP contribution is -2.34. The van der Waals surface area contributed by atoms with E-state index in [-0.39, 0.29) is 0 Å². The van der Waals surface area contributed by atoms with Crippen molar-refractivity contribution in [2.45, 2.75) is 97.2 Å². The third-order valence-corrected chi connectivity index (χ3v) is 4.02. The van der Waals surface area contributed by atoms with Gasteiger partial charge in [-0.2, -0.15) is 0 Å². The Morgan fingerprint density at radius 3 is 1.92 bits per heavy atom. The molecule has 0 fully saturated rings. The molecule has 5 nitrogen and oxygen atoms in total. The third kappa shape index (κ3) is 11.1. The first-order valence-corrected chi connectivity index (χ1v) is 9.18. The molecule has 140 valence electrons. The van der Waals surface area contributed by atoms with E-state index in [9.17, 15) is 9.59 Å². The topological polar surface area (TPSA) is 72.8 Å². The molecule has 5 heteroatoms. The summed E-state index contributed by atoms with van der Waals surface area (Å²) in [5.74, 6) is -0.503. The van der Waals surface area contributed by atoms with Crippen LogP contribution in [-0.4, -0.2) is 29.4 Å². The molecule has 0 aliphatic heterocycles. The highest BCUT2D eigenvalue weighted by Gasteiger charge is 2.27.